The molecule has 2 aliphatic heterocycles. The fourth-order valence-electron chi connectivity index (χ4n) is 8.31. The summed E-state index contributed by atoms with van der Waals surface area (Å²) in [5.74, 6) is 0.395. The highest BCUT2D eigenvalue weighted by molar-refractivity contribution is 5.82. The van der Waals surface area contributed by atoms with Crippen LogP contribution >= 0.6 is 0 Å². The van der Waals surface area contributed by atoms with Gasteiger partial charge in [-0.2, -0.15) is 0 Å². The second kappa shape index (κ2) is 6.11. The van der Waals surface area contributed by atoms with E-state index in [0.29, 0.717) is 5.92 Å². The fourth-order valence-corrected chi connectivity index (χ4v) is 8.31. The van der Waals surface area contributed by atoms with Gasteiger partial charge in [-0.1, -0.05) is 31.2 Å². The maximum Gasteiger partial charge on any atom is 0.113 e. The second-order valence-corrected chi connectivity index (χ2v) is 11.3. The minimum atomic E-state index is -0.423. The van der Waals surface area contributed by atoms with Crippen LogP contribution in [0.1, 0.15) is 69.8 Å². The molecule has 5 aliphatic rings. The van der Waals surface area contributed by atoms with Crippen molar-refractivity contribution in [2.45, 2.75) is 87.1 Å². The molecule has 2 saturated carbocycles. The number of hydrogen-bond acceptors (Lipinski definition) is 4. The molecule has 7 rings (SSSR count). The van der Waals surface area contributed by atoms with Gasteiger partial charge in [0.1, 0.15) is 5.60 Å². The molecule has 3 heterocycles. The monoisotopic (exact) mass is 428 g/mol. The van der Waals surface area contributed by atoms with E-state index in [1.807, 2.05) is 12.4 Å². The molecule has 2 unspecified atom stereocenters. The van der Waals surface area contributed by atoms with Crippen molar-refractivity contribution in [1.29, 1.82) is 0 Å². The molecule has 1 aromatic heterocycles. The third-order valence-electron chi connectivity index (χ3n) is 10.1. The molecule has 3 aliphatic carbocycles. The van der Waals surface area contributed by atoms with Gasteiger partial charge in [0.2, 0.25) is 0 Å². The number of benzene rings is 1. The van der Waals surface area contributed by atoms with Crippen molar-refractivity contribution in [2.24, 2.45) is 11.1 Å². The number of ether oxygens (including phenoxy) is 1. The number of fused-ring (bicyclic) bond motifs is 2. The number of aromatic nitrogens is 1. The van der Waals surface area contributed by atoms with E-state index < -0.39 is 11.1 Å². The van der Waals surface area contributed by atoms with Gasteiger partial charge in [-0.3, -0.25) is 4.98 Å². The first-order valence-electron chi connectivity index (χ1n) is 12.3. The number of aliphatic hydroxyl groups is 1. The van der Waals surface area contributed by atoms with Crippen molar-refractivity contribution in [3.8, 4) is 0 Å². The predicted octanol–water partition coefficient (Wildman–Crippen LogP) is 4.92. The van der Waals surface area contributed by atoms with Crippen molar-refractivity contribution >= 4 is 10.8 Å². The van der Waals surface area contributed by atoms with E-state index in [9.17, 15) is 5.11 Å². The first kappa shape index (κ1) is 19.5. The first-order chi connectivity index (χ1) is 15.4. The van der Waals surface area contributed by atoms with Crippen molar-refractivity contribution in [3.63, 3.8) is 0 Å². The number of nitrogens with zero attached hydrogens (tertiary/aromatic N) is 1. The highest BCUT2D eigenvalue weighted by Crippen LogP contribution is 2.70. The Labute approximate surface area is 189 Å². The maximum absolute atomic E-state index is 10.5. The molecule has 6 atom stereocenters. The largest absolute Gasteiger partial charge is 0.393 e. The Balaban J connectivity index is 1.34. The molecule has 3 fully saturated rings. The Hall–Kier alpha value is -2.01. The lowest BCUT2D eigenvalue weighted by atomic mass is 9.53. The number of hydrogen-bond donors (Lipinski definition) is 2. The Morgan fingerprint density at radius 3 is 2.94 bits per heavy atom. The molecular formula is C28H32N2O2. The maximum atomic E-state index is 10.5. The summed E-state index contributed by atoms with van der Waals surface area (Å²) in [6, 6.07) is 8.94. The van der Waals surface area contributed by atoms with Crippen LogP contribution in [0.25, 0.3) is 10.8 Å². The second-order valence-electron chi connectivity index (χ2n) is 11.3. The lowest BCUT2D eigenvalue weighted by Crippen LogP contribution is -2.70. The molecule has 32 heavy (non-hydrogen) atoms. The van der Waals surface area contributed by atoms with Crippen LogP contribution in [0.4, 0.5) is 0 Å². The minimum absolute atomic E-state index is 0.0729. The summed E-state index contributed by atoms with van der Waals surface area (Å²) >= 11 is 0. The molecule has 4 heteroatoms. The average molecular weight is 429 g/mol. The molecule has 0 radical (unpaired) electrons. The summed E-state index contributed by atoms with van der Waals surface area (Å²) in [6.45, 7) is 2.41. The van der Waals surface area contributed by atoms with Crippen molar-refractivity contribution < 1.29 is 9.84 Å². The summed E-state index contributed by atoms with van der Waals surface area (Å²) < 4.78 is 7.16. The van der Waals surface area contributed by atoms with E-state index in [-0.39, 0.29) is 17.1 Å². The van der Waals surface area contributed by atoms with Crippen LogP contribution in [0.2, 0.25) is 0 Å². The lowest BCUT2D eigenvalue weighted by Gasteiger charge is -2.59. The lowest BCUT2D eigenvalue weighted by molar-refractivity contribution is -0.154. The highest BCUT2D eigenvalue weighted by atomic mass is 16.5. The summed E-state index contributed by atoms with van der Waals surface area (Å²) in [4.78, 5) is 4.34. The molecule has 3 N–H and O–H groups in total. The third-order valence-corrected chi connectivity index (χ3v) is 10.1. The van der Waals surface area contributed by atoms with Crippen LogP contribution < -0.4 is 5.73 Å². The Kier molecular flexibility index (Phi) is 3.71. The highest BCUT2D eigenvalue weighted by Gasteiger charge is 2.72. The Morgan fingerprint density at radius 1 is 1.12 bits per heavy atom. The van der Waals surface area contributed by atoms with E-state index in [1.54, 1.807) is 0 Å². The average Bonchev–Trinajstić information content (AvgIpc) is 3.26. The van der Waals surface area contributed by atoms with Gasteiger partial charge < -0.3 is 15.6 Å². The zero-order valence-corrected chi connectivity index (χ0v) is 18.8. The van der Waals surface area contributed by atoms with E-state index in [1.165, 1.54) is 27.5 Å². The van der Waals surface area contributed by atoms with Gasteiger partial charge >= 0.3 is 0 Å². The van der Waals surface area contributed by atoms with Crippen LogP contribution in [0.3, 0.4) is 0 Å². The topological polar surface area (TPSA) is 68.4 Å². The van der Waals surface area contributed by atoms with Crippen molar-refractivity contribution in [1.82, 2.24) is 4.98 Å². The Morgan fingerprint density at radius 2 is 2.03 bits per heavy atom. The minimum Gasteiger partial charge on any atom is -0.393 e. The van der Waals surface area contributed by atoms with E-state index in [4.69, 9.17) is 10.5 Å². The summed E-state index contributed by atoms with van der Waals surface area (Å²) in [5.41, 5.74) is 10.4. The van der Waals surface area contributed by atoms with Crippen LogP contribution in [-0.2, 0) is 4.74 Å². The fraction of sp³-hybridized carbons (Fsp3) is 0.536. The summed E-state index contributed by atoms with van der Waals surface area (Å²) in [6.07, 6.45) is 15.9. The Bertz CT molecular complexity index is 1200. The molecule has 1 aromatic carbocycles. The molecule has 2 spiro atoms. The summed E-state index contributed by atoms with van der Waals surface area (Å²) in [5, 5.41) is 12.9. The van der Waals surface area contributed by atoms with Gasteiger partial charge in [-0.25, -0.2) is 0 Å². The van der Waals surface area contributed by atoms with E-state index in [0.717, 1.165) is 51.4 Å². The van der Waals surface area contributed by atoms with Crippen LogP contribution in [0, 0.1) is 5.41 Å². The molecule has 166 valence electrons. The number of aliphatic hydroxyl groups excluding tert-OH is 1. The van der Waals surface area contributed by atoms with Crippen molar-refractivity contribution in [3.05, 3.63) is 65.5 Å². The number of rotatable bonds is 1. The molecule has 4 nitrogen and oxygen atoms in total. The molecule has 2 bridgehead atoms. The third kappa shape index (κ3) is 2.17. The zero-order chi connectivity index (χ0) is 21.8. The summed E-state index contributed by atoms with van der Waals surface area (Å²) in [7, 11) is 0. The van der Waals surface area contributed by atoms with E-state index in [2.05, 4.69) is 48.3 Å². The number of pyridine rings is 1. The zero-order valence-electron chi connectivity index (χ0n) is 18.8. The van der Waals surface area contributed by atoms with Crippen LogP contribution in [0.15, 0.2) is 60.0 Å². The molecular weight excluding hydrogens is 396 g/mol. The van der Waals surface area contributed by atoms with Gasteiger partial charge in [0.05, 0.1) is 17.2 Å². The van der Waals surface area contributed by atoms with Gasteiger partial charge in [-0.15, -0.1) is 0 Å². The van der Waals surface area contributed by atoms with Gasteiger partial charge in [-0.05, 0) is 90.5 Å². The van der Waals surface area contributed by atoms with Gasteiger partial charge in [0.25, 0.3) is 0 Å². The van der Waals surface area contributed by atoms with Gasteiger partial charge in [0, 0.05) is 24.2 Å². The number of nitrogens with two attached hydrogens (primary N) is 1. The van der Waals surface area contributed by atoms with Crippen LogP contribution in [-0.4, -0.2) is 32.9 Å². The molecule has 2 aromatic rings. The van der Waals surface area contributed by atoms with E-state index >= 15 is 0 Å². The normalized spacial score (nSPS) is 44.5. The smallest absolute Gasteiger partial charge is 0.113 e. The standard InChI is InChI=1S/C28H32N2O2/c1-25-9-6-22-15-21-4-5-23(31)16-26(21)11-12-27(22,32-26)28(25,29)10-7-24(25)19-3-2-18-8-13-30-17-20(18)14-19/h2-3,6,8,13-15,17,23-24,31H,4-5,7,9-12,16,29H2,1H3/t23-,24?,25?,26-,27-,28+/m1/s1. The SMILES string of the molecule is CC12CC=C3C=C4CC[C@@H](O)C[C@]45CC[C@]3(O5)[C@]1(N)CCC2c1ccc2ccncc2c1. The predicted molar refractivity (Wildman–Crippen MR) is 125 cm³/mol. The first-order valence-corrected chi connectivity index (χ1v) is 12.3. The van der Waals surface area contributed by atoms with Crippen LogP contribution in [0.5, 0.6) is 0 Å². The van der Waals surface area contributed by atoms with Gasteiger partial charge in [0.15, 0.2) is 0 Å². The quantitative estimate of drug-likeness (QED) is 0.677. The molecule has 0 amide bonds. The molecule has 1 saturated heterocycles. The number of allylic oxidation sites excluding steroid dienone is 1. The van der Waals surface area contributed by atoms with Crippen molar-refractivity contribution in [2.75, 3.05) is 0 Å².